The molecule has 2 fully saturated rings. The maximum atomic E-state index is 12.5. The van der Waals surface area contributed by atoms with Gasteiger partial charge in [0.15, 0.2) is 0 Å². The lowest BCUT2D eigenvalue weighted by molar-refractivity contribution is 0.00578. The topological polar surface area (TPSA) is 70.1 Å². The average Bonchev–Trinajstić information content (AvgIpc) is 3.15. The third-order valence-corrected chi connectivity index (χ3v) is 6.04. The zero-order valence-electron chi connectivity index (χ0n) is 21.4. The van der Waals surface area contributed by atoms with Crippen LogP contribution in [0.25, 0.3) is 0 Å². The fourth-order valence-corrected chi connectivity index (χ4v) is 3.73. The first-order valence-electron chi connectivity index (χ1n) is 11.5. The van der Waals surface area contributed by atoms with Crippen molar-refractivity contribution in [3.63, 3.8) is 0 Å². The summed E-state index contributed by atoms with van der Waals surface area (Å²) < 4.78 is 24.2. The SMILES string of the molecule is CC(C)(C)OC(=O)N1CCC(c2cc(B3OC(C)(C)C(C)(C)O3)cc(OC(C)(C)C)n2)C1. The summed E-state index contributed by atoms with van der Waals surface area (Å²) >= 11 is 0. The Morgan fingerprint density at radius 1 is 1.06 bits per heavy atom. The van der Waals surface area contributed by atoms with Crippen LogP contribution in [0.1, 0.15) is 87.3 Å². The van der Waals surface area contributed by atoms with Gasteiger partial charge < -0.3 is 23.7 Å². The second-order valence-electron chi connectivity index (χ2n) is 11.9. The van der Waals surface area contributed by atoms with E-state index in [9.17, 15) is 4.79 Å². The summed E-state index contributed by atoms with van der Waals surface area (Å²) in [4.78, 5) is 19.1. The van der Waals surface area contributed by atoms with Gasteiger partial charge in [-0.15, -0.1) is 0 Å². The van der Waals surface area contributed by atoms with E-state index in [0.717, 1.165) is 17.6 Å². The summed E-state index contributed by atoms with van der Waals surface area (Å²) in [5.41, 5.74) is -0.0272. The first-order valence-corrected chi connectivity index (χ1v) is 11.5. The Bertz CT molecular complexity index is 841. The molecular weight excluding hydrogens is 407 g/mol. The van der Waals surface area contributed by atoms with Gasteiger partial charge in [0.05, 0.1) is 11.2 Å². The first-order chi connectivity index (χ1) is 14.5. The highest BCUT2D eigenvalue weighted by molar-refractivity contribution is 6.62. The highest BCUT2D eigenvalue weighted by Gasteiger charge is 2.52. The molecule has 0 saturated carbocycles. The molecular formula is C24H39BN2O5. The Balaban J connectivity index is 1.87. The highest BCUT2D eigenvalue weighted by atomic mass is 16.7. The van der Waals surface area contributed by atoms with Crippen LogP contribution in [0.2, 0.25) is 0 Å². The van der Waals surface area contributed by atoms with Crippen LogP contribution in [0.4, 0.5) is 4.79 Å². The first kappa shape index (κ1) is 24.8. The fraction of sp³-hybridized carbons (Fsp3) is 0.750. The molecule has 0 N–H and O–H groups in total. The molecule has 1 aromatic heterocycles. The Kier molecular flexibility index (Phi) is 6.37. The van der Waals surface area contributed by atoms with E-state index in [4.69, 9.17) is 23.8 Å². The molecule has 0 radical (unpaired) electrons. The molecule has 32 heavy (non-hydrogen) atoms. The number of amides is 1. The van der Waals surface area contributed by atoms with E-state index in [1.807, 2.05) is 81.4 Å². The number of rotatable bonds is 3. The molecule has 2 aliphatic rings. The molecule has 1 amide bonds. The van der Waals surface area contributed by atoms with Gasteiger partial charge in [0.25, 0.3) is 0 Å². The molecule has 1 atom stereocenters. The molecule has 8 heteroatoms. The lowest BCUT2D eigenvalue weighted by Crippen LogP contribution is -2.41. The monoisotopic (exact) mass is 446 g/mol. The predicted molar refractivity (Wildman–Crippen MR) is 125 cm³/mol. The maximum absolute atomic E-state index is 12.5. The summed E-state index contributed by atoms with van der Waals surface area (Å²) in [6, 6.07) is 3.93. The van der Waals surface area contributed by atoms with Gasteiger partial charge in [-0.05, 0) is 87.2 Å². The summed E-state index contributed by atoms with van der Waals surface area (Å²) in [5, 5.41) is 0. The van der Waals surface area contributed by atoms with Crippen molar-refractivity contribution in [2.24, 2.45) is 0 Å². The largest absolute Gasteiger partial charge is 0.495 e. The molecule has 0 spiro atoms. The molecule has 3 heterocycles. The minimum Gasteiger partial charge on any atom is -0.472 e. The zero-order chi connectivity index (χ0) is 24.1. The standard InChI is InChI=1S/C24H39BN2O5/c1-21(2,3)29-19-14-17(25-31-23(7,8)24(9,10)32-25)13-18(26-19)16-11-12-27(15-16)20(28)30-22(4,5)6/h13-14,16H,11-12,15H2,1-10H3. The van der Waals surface area contributed by atoms with Gasteiger partial charge in [-0.2, -0.15) is 0 Å². The van der Waals surface area contributed by atoms with Crippen LogP contribution < -0.4 is 10.2 Å². The third-order valence-electron chi connectivity index (χ3n) is 6.04. The molecule has 2 aliphatic heterocycles. The van der Waals surface area contributed by atoms with Crippen LogP contribution in [0.3, 0.4) is 0 Å². The number of ether oxygens (including phenoxy) is 2. The summed E-state index contributed by atoms with van der Waals surface area (Å²) in [5.74, 6) is 0.627. The second kappa shape index (κ2) is 8.21. The fourth-order valence-electron chi connectivity index (χ4n) is 3.73. The molecule has 0 bridgehead atoms. The molecule has 0 aliphatic carbocycles. The molecule has 178 valence electrons. The predicted octanol–water partition coefficient (Wildman–Crippen LogP) is 4.28. The van der Waals surface area contributed by atoms with E-state index in [1.54, 1.807) is 4.90 Å². The molecule has 1 unspecified atom stereocenters. The molecule has 3 rings (SSSR count). The number of nitrogens with zero attached hydrogens (tertiary/aromatic N) is 2. The Hall–Kier alpha value is -1.80. The van der Waals surface area contributed by atoms with E-state index in [1.165, 1.54) is 0 Å². The van der Waals surface area contributed by atoms with Crippen LogP contribution >= 0.6 is 0 Å². The van der Waals surface area contributed by atoms with Gasteiger partial charge in [0.1, 0.15) is 11.2 Å². The van der Waals surface area contributed by atoms with Crippen molar-refractivity contribution < 1.29 is 23.6 Å². The van der Waals surface area contributed by atoms with Crippen molar-refractivity contribution in [2.75, 3.05) is 13.1 Å². The molecule has 0 aromatic carbocycles. The molecule has 1 aromatic rings. The van der Waals surface area contributed by atoms with E-state index < -0.39 is 29.5 Å². The quantitative estimate of drug-likeness (QED) is 0.646. The van der Waals surface area contributed by atoms with E-state index in [0.29, 0.717) is 19.0 Å². The zero-order valence-corrected chi connectivity index (χ0v) is 21.4. The normalized spacial score (nSPS) is 22.9. The van der Waals surface area contributed by atoms with E-state index >= 15 is 0 Å². The van der Waals surface area contributed by atoms with E-state index in [-0.39, 0.29) is 12.0 Å². The van der Waals surface area contributed by atoms with Crippen molar-refractivity contribution >= 4 is 18.7 Å². The van der Waals surface area contributed by atoms with Crippen molar-refractivity contribution in [3.8, 4) is 5.88 Å². The van der Waals surface area contributed by atoms with Gasteiger partial charge in [-0.3, -0.25) is 0 Å². The van der Waals surface area contributed by atoms with Gasteiger partial charge in [0.2, 0.25) is 5.88 Å². The number of pyridine rings is 1. The van der Waals surface area contributed by atoms with Crippen molar-refractivity contribution in [3.05, 3.63) is 17.8 Å². The lowest BCUT2D eigenvalue weighted by atomic mass is 9.78. The van der Waals surface area contributed by atoms with Gasteiger partial charge in [-0.1, -0.05) is 0 Å². The Morgan fingerprint density at radius 3 is 2.19 bits per heavy atom. The molecule has 2 saturated heterocycles. The summed E-state index contributed by atoms with van der Waals surface area (Å²) in [7, 11) is -0.507. The number of carbonyl (C=O) groups is 1. The third kappa shape index (κ3) is 5.76. The smallest absolute Gasteiger partial charge is 0.472 e. The maximum Gasteiger partial charge on any atom is 0.495 e. The molecule has 7 nitrogen and oxygen atoms in total. The van der Waals surface area contributed by atoms with Crippen LogP contribution in [-0.2, 0) is 14.0 Å². The Morgan fingerprint density at radius 2 is 1.66 bits per heavy atom. The van der Waals surface area contributed by atoms with Gasteiger partial charge in [-0.25, -0.2) is 9.78 Å². The van der Waals surface area contributed by atoms with Crippen LogP contribution in [0.15, 0.2) is 12.1 Å². The van der Waals surface area contributed by atoms with Crippen molar-refractivity contribution in [1.82, 2.24) is 9.88 Å². The average molecular weight is 446 g/mol. The van der Waals surface area contributed by atoms with E-state index in [2.05, 4.69) is 0 Å². The lowest BCUT2D eigenvalue weighted by Gasteiger charge is -2.32. The number of carbonyl (C=O) groups excluding carboxylic acids is 1. The number of aromatic nitrogens is 1. The second-order valence-corrected chi connectivity index (χ2v) is 11.9. The van der Waals surface area contributed by atoms with Crippen LogP contribution in [0.5, 0.6) is 5.88 Å². The number of likely N-dealkylation sites (tertiary alicyclic amines) is 1. The number of hydrogen-bond donors (Lipinski definition) is 0. The summed E-state index contributed by atoms with van der Waals surface area (Å²) in [6.45, 7) is 21.0. The minimum absolute atomic E-state index is 0.0900. The van der Waals surface area contributed by atoms with Gasteiger partial charge in [0, 0.05) is 30.8 Å². The van der Waals surface area contributed by atoms with Crippen LogP contribution in [0, 0.1) is 0 Å². The van der Waals surface area contributed by atoms with Gasteiger partial charge >= 0.3 is 13.2 Å². The Labute approximate surface area is 193 Å². The highest BCUT2D eigenvalue weighted by Crippen LogP contribution is 2.37. The van der Waals surface area contributed by atoms with Crippen molar-refractivity contribution in [1.29, 1.82) is 0 Å². The minimum atomic E-state index is -0.516. The van der Waals surface area contributed by atoms with Crippen molar-refractivity contribution in [2.45, 2.75) is 104 Å². The van der Waals surface area contributed by atoms with Crippen LogP contribution in [-0.4, -0.2) is 58.6 Å². The number of hydrogen-bond acceptors (Lipinski definition) is 6. The summed E-state index contributed by atoms with van der Waals surface area (Å²) in [6.07, 6.45) is 0.530.